The molecule has 0 aromatic heterocycles. The van der Waals surface area contributed by atoms with Gasteiger partial charge in [0, 0.05) is 0 Å². The fraction of sp³-hybridized carbons (Fsp3) is 0.762. The van der Waals surface area contributed by atoms with Crippen LogP contribution < -0.4 is 0 Å². The molecule has 1 nitrogen and oxygen atoms in total. The monoisotopic (exact) mass is 298 g/mol. The van der Waals surface area contributed by atoms with E-state index in [4.69, 9.17) is 0 Å². The van der Waals surface area contributed by atoms with E-state index in [0.717, 1.165) is 23.8 Å². The van der Waals surface area contributed by atoms with Crippen molar-refractivity contribution in [2.45, 2.75) is 72.1 Å². The maximum absolute atomic E-state index is 12.1. The molecule has 0 saturated heterocycles. The van der Waals surface area contributed by atoms with Crippen LogP contribution in [0.4, 0.5) is 0 Å². The van der Waals surface area contributed by atoms with Gasteiger partial charge < -0.3 is 0 Å². The lowest BCUT2D eigenvalue weighted by molar-refractivity contribution is -0.115. The van der Waals surface area contributed by atoms with E-state index in [0.29, 0.717) is 17.1 Å². The highest BCUT2D eigenvalue weighted by Gasteiger charge is 2.56. The zero-order valence-electron chi connectivity index (χ0n) is 14.5. The second-order valence-corrected chi connectivity index (χ2v) is 8.83. The van der Waals surface area contributed by atoms with Crippen LogP contribution in [0, 0.1) is 28.6 Å². The molecule has 0 heterocycles. The Bertz CT molecular complexity index is 568. The highest BCUT2D eigenvalue weighted by atomic mass is 16.1. The highest BCUT2D eigenvalue weighted by molar-refractivity contribution is 5.95. The largest absolute Gasteiger partial charge is 0.295 e. The molecule has 4 aliphatic carbocycles. The maximum Gasteiger partial charge on any atom is 0.156 e. The van der Waals surface area contributed by atoms with E-state index in [9.17, 15) is 4.79 Å². The van der Waals surface area contributed by atoms with Crippen molar-refractivity contribution < 1.29 is 4.79 Å². The summed E-state index contributed by atoms with van der Waals surface area (Å²) in [6, 6.07) is 0. The van der Waals surface area contributed by atoms with E-state index in [2.05, 4.69) is 26.0 Å². The van der Waals surface area contributed by atoms with Crippen LogP contribution >= 0.6 is 0 Å². The van der Waals surface area contributed by atoms with Gasteiger partial charge in [0.1, 0.15) is 0 Å². The van der Waals surface area contributed by atoms with Crippen molar-refractivity contribution in [1.82, 2.24) is 0 Å². The predicted octanol–water partition coefficient (Wildman–Crippen LogP) is 5.46. The summed E-state index contributed by atoms with van der Waals surface area (Å²) in [4.78, 5) is 12.1. The third kappa shape index (κ3) is 1.80. The van der Waals surface area contributed by atoms with Crippen LogP contribution in [-0.2, 0) is 4.79 Å². The van der Waals surface area contributed by atoms with E-state index in [1.165, 1.54) is 44.9 Å². The molecule has 0 aromatic rings. The van der Waals surface area contributed by atoms with E-state index in [1.54, 1.807) is 12.5 Å². The molecule has 0 amide bonds. The third-order valence-electron chi connectivity index (χ3n) is 7.98. The number of rotatable bonds is 1. The molecule has 120 valence electrons. The van der Waals surface area contributed by atoms with E-state index >= 15 is 0 Å². The van der Waals surface area contributed by atoms with Crippen LogP contribution in [0.2, 0.25) is 0 Å². The van der Waals surface area contributed by atoms with Crippen molar-refractivity contribution in [3.8, 4) is 0 Å². The lowest BCUT2D eigenvalue weighted by atomic mass is 9.47. The molecule has 0 bridgehead atoms. The van der Waals surface area contributed by atoms with Gasteiger partial charge in [0.25, 0.3) is 0 Å². The summed E-state index contributed by atoms with van der Waals surface area (Å²) in [5, 5.41) is 0. The van der Waals surface area contributed by atoms with Gasteiger partial charge in [-0.2, -0.15) is 0 Å². The number of fused-ring (bicyclic) bond motifs is 5. The summed E-state index contributed by atoms with van der Waals surface area (Å²) >= 11 is 0. The summed E-state index contributed by atoms with van der Waals surface area (Å²) in [6.07, 6.45) is 15.4. The Morgan fingerprint density at radius 3 is 2.64 bits per heavy atom. The Hall–Kier alpha value is -0.850. The summed E-state index contributed by atoms with van der Waals surface area (Å²) in [7, 11) is 0. The van der Waals surface area contributed by atoms with E-state index in [-0.39, 0.29) is 5.41 Å². The summed E-state index contributed by atoms with van der Waals surface area (Å²) < 4.78 is 0. The summed E-state index contributed by atoms with van der Waals surface area (Å²) in [5.74, 6) is 2.70. The van der Waals surface area contributed by atoms with Crippen molar-refractivity contribution in [3.63, 3.8) is 0 Å². The lowest BCUT2D eigenvalue weighted by Gasteiger charge is -2.57. The predicted molar refractivity (Wildman–Crippen MR) is 90.5 cm³/mol. The quantitative estimate of drug-likeness (QED) is 0.587. The number of Topliss-reactive ketones (excluding diaryl/α,β-unsaturated/α-hetero) is 1. The van der Waals surface area contributed by atoms with Gasteiger partial charge in [0.2, 0.25) is 0 Å². The molecular formula is C21H30O. The standard InChI is InChI=1S/C21H30O/c1-14(22)17-9-10-18-16-8-7-15-6-4-5-12-20(15,2)19(16)11-13-21(17,18)3/h7,9,16,18-19H,4-6,8,10-13H2,1-3H3/t16-,18-,19-,20-,21+/m0/s1. The van der Waals surface area contributed by atoms with Crippen molar-refractivity contribution in [2.24, 2.45) is 28.6 Å². The number of hydrogen-bond acceptors (Lipinski definition) is 1. The second-order valence-electron chi connectivity index (χ2n) is 8.83. The highest BCUT2D eigenvalue weighted by Crippen LogP contribution is 2.64. The molecule has 0 spiro atoms. The van der Waals surface area contributed by atoms with Crippen LogP contribution in [0.3, 0.4) is 0 Å². The number of carbonyl (C=O) groups is 1. The van der Waals surface area contributed by atoms with Crippen LogP contribution in [0.15, 0.2) is 23.3 Å². The van der Waals surface area contributed by atoms with E-state index in [1.807, 2.05) is 0 Å². The molecule has 0 aliphatic heterocycles. The molecule has 0 N–H and O–H groups in total. The Labute approximate surface area is 135 Å². The topological polar surface area (TPSA) is 17.1 Å². The third-order valence-corrected chi connectivity index (χ3v) is 7.98. The Morgan fingerprint density at radius 2 is 1.86 bits per heavy atom. The fourth-order valence-corrected chi connectivity index (χ4v) is 6.81. The SMILES string of the molecule is CC(=O)C1=CC[C@H]2[C@@H]3CC=C4CCCC[C@]4(C)[C@H]3CC[C@]12C. The average molecular weight is 298 g/mol. The molecule has 2 fully saturated rings. The number of carbonyl (C=O) groups excluding carboxylic acids is 1. The van der Waals surface area contributed by atoms with Gasteiger partial charge in [-0.3, -0.25) is 4.79 Å². The molecule has 2 saturated carbocycles. The average Bonchev–Trinajstić information content (AvgIpc) is 2.84. The molecule has 1 heteroatoms. The van der Waals surface area contributed by atoms with Gasteiger partial charge in [0.15, 0.2) is 5.78 Å². The maximum atomic E-state index is 12.1. The van der Waals surface area contributed by atoms with Gasteiger partial charge in [0.05, 0.1) is 0 Å². The molecule has 5 atom stereocenters. The fourth-order valence-electron chi connectivity index (χ4n) is 6.81. The Kier molecular flexibility index (Phi) is 3.23. The molecule has 4 aliphatic rings. The first kappa shape index (κ1) is 14.7. The van der Waals surface area contributed by atoms with Gasteiger partial charge >= 0.3 is 0 Å². The first-order valence-corrected chi connectivity index (χ1v) is 9.38. The Morgan fingerprint density at radius 1 is 1.05 bits per heavy atom. The molecular weight excluding hydrogens is 268 g/mol. The van der Waals surface area contributed by atoms with Gasteiger partial charge in [-0.1, -0.05) is 38.0 Å². The zero-order valence-corrected chi connectivity index (χ0v) is 14.5. The van der Waals surface area contributed by atoms with Crippen LogP contribution in [0.5, 0.6) is 0 Å². The van der Waals surface area contributed by atoms with Crippen LogP contribution in [0.25, 0.3) is 0 Å². The molecule has 4 rings (SSSR count). The Balaban J connectivity index is 1.69. The number of allylic oxidation sites excluding steroid dienone is 4. The lowest BCUT2D eigenvalue weighted by Crippen LogP contribution is -2.49. The van der Waals surface area contributed by atoms with Crippen molar-refractivity contribution in [2.75, 3.05) is 0 Å². The van der Waals surface area contributed by atoms with Gasteiger partial charge in [-0.15, -0.1) is 0 Å². The number of hydrogen-bond donors (Lipinski definition) is 0. The van der Waals surface area contributed by atoms with Crippen molar-refractivity contribution in [3.05, 3.63) is 23.3 Å². The van der Waals surface area contributed by atoms with Gasteiger partial charge in [-0.25, -0.2) is 0 Å². The molecule has 0 radical (unpaired) electrons. The van der Waals surface area contributed by atoms with Crippen LogP contribution in [-0.4, -0.2) is 5.78 Å². The van der Waals surface area contributed by atoms with Crippen molar-refractivity contribution in [1.29, 1.82) is 0 Å². The minimum Gasteiger partial charge on any atom is -0.295 e. The molecule has 22 heavy (non-hydrogen) atoms. The number of ketones is 1. The minimum atomic E-state index is 0.170. The van der Waals surface area contributed by atoms with E-state index < -0.39 is 0 Å². The van der Waals surface area contributed by atoms with Gasteiger partial charge in [-0.05, 0) is 86.0 Å². The summed E-state index contributed by atoms with van der Waals surface area (Å²) in [5.41, 5.74) is 3.58. The summed E-state index contributed by atoms with van der Waals surface area (Å²) in [6.45, 7) is 6.72. The minimum absolute atomic E-state index is 0.170. The van der Waals surface area contributed by atoms with Crippen molar-refractivity contribution >= 4 is 5.78 Å². The second kappa shape index (κ2) is 4.82. The molecule has 0 unspecified atom stereocenters. The van der Waals surface area contributed by atoms with Crippen LogP contribution in [0.1, 0.15) is 72.1 Å². The first-order chi connectivity index (χ1) is 10.5. The first-order valence-electron chi connectivity index (χ1n) is 9.38. The smallest absolute Gasteiger partial charge is 0.156 e. The normalized spacial score (nSPS) is 47.0. The zero-order chi connectivity index (χ0) is 15.5. The molecule has 0 aromatic carbocycles.